The van der Waals surface area contributed by atoms with Crippen molar-refractivity contribution in [1.29, 1.82) is 0 Å². The molecule has 1 saturated heterocycles. The lowest BCUT2D eigenvalue weighted by molar-refractivity contribution is -0.129. The molecule has 150 valence electrons. The normalized spacial score (nSPS) is 21.3. The second-order valence-electron chi connectivity index (χ2n) is 7.18. The number of hydrogen-bond acceptors (Lipinski definition) is 5. The van der Waals surface area contributed by atoms with Crippen LogP contribution in [0.25, 0.3) is 0 Å². The van der Waals surface area contributed by atoms with Gasteiger partial charge in [-0.3, -0.25) is 4.79 Å². The first-order valence-electron chi connectivity index (χ1n) is 9.72. The SMILES string of the molecule is CCN(CC)S(=O)(=O)N1CCC[C@@H](c2ncc3c(n2)CCN(C(C)=O)C3)C1. The third-order valence-corrected chi connectivity index (χ3v) is 7.66. The van der Waals surface area contributed by atoms with Crippen molar-refractivity contribution in [2.75, 3.05) is 32.7 Å². The quantitative estimate of drug-likeness (QED) is 0.746. The Balaban J connectivity index is 1.76. The maximum atomic E-state index is 12.8. The Labute approximate surface area is 161 Å². The molecule has 2 aliphatic rings. The molecule has 0 N–H and O–H groups in total. The molecule has 3 rings (SSSR count). The lowest BCUT2D eigenvalue weighted by atomic mass is 9.98. The highest BCUT2D eigenvalue weighted by Gasteiger charge is 2.34. The van der Waals surface area contributed by atoms with Crippen LogP contribution >= 0.6 is 0 Å². The van der Waals surface area contributed by atoms with Gasteiger partial charge in [-0.2, -0.15) is 17.0 Å². The average Bonchev–Trinajstić information content (AvgIpc) is 2.68. The van der Waals surface area contributed by atoms with Crippen LogP contribution in [0.15, 0.2) is 6.20 Å². The summed E-state index contributed by atoms with van der Waals surface area (Å²) in [6.07, 6.45) is 4.23. The van der Waals surface area contributed by atoms with Crippen molar-refractivity contribution in [3.05, 3.63) is 23.3 Å². The smallest absolute Gasteiger partial charge is 0.281 e. The molecule has 0 radical (unpaired) electrons. The molecule has 3 heterocycles. The van der Waals surface area contributed by atoms with Crippen LogP contribution in [-0.4, -0.2) is 70.5 Å². The molecule has 0 spiro atoms. The number of piperidine rings is 1. The van der Waals surface area contributed by atoms with Crippen LogP contribution in [0.1, 0.15) is 56.6 Å². The molecule has 0 bridgehead atoms. The Kier molecular flexibility index (Phi) is 6.12. The minimum atomic E-state index is -3.43. The van der Waals surface area contributed by atoms with Gasteiger partial charge in [0, 0.05) is 70.3 Å². The number of carbonyl (C=O) groups is 1. The highest BCUT2D eigenvalue weighted by molar-refractivity contribution is 7.86. The van der Waals surface area contributed by atoms with E-state index in [1.807, 2.05) is 20.0 Å². The van der Waals surface area contributed by atoms with Crippen molar-refractivity contribution in [3.8, 4) is 0 Å². The molecular formula is C18H29N5O3S. The third-order valence-electron chi connectivity index (χ3n) is 5.51. The van der Waals surface area contributed by atoms with Crippen molar-refractivity contribution < 1.29 is 13.2 Å². The second-order valence-corrected chi connectivity index (χ2v) is 9.11. The van der Waals surface area contributed by atoms with Gasteiger partial charge < -0.3 is 4.90 Å². The molecular weight excluding hydrogens is 366 g/mol. The number of nitrogens with zero attached hydrogens (tertiary/aromatic N) is 5. The molecule has 1 fully saturated rings. The number of amides is 1. The van der Waals surface area contributed by atoms with Crippen LogP contribution in [0.2, 0.25) is 0 Å². The summed E-state index contributed by atoms with van der Waals surface area (Å²) in [5.74, 6) is 0.805. The van der Waals surface area contributed by atoms with Gasteiger partial charge in [-0.25, -0.2) is 9.97 Å². The second kappa shape index (κ2) is 8.20. The lowest BCUT2D eigenvalue weighted by Gasteiger charge is -2.34. The molecule has 0 unspecified atom stereocenters. The first-order chi connectivity index (χ1) is 12.9. The van der Waals surface area contributed by atoms with Crippen LogP contribution in [0.3, 0.4) is 0 Å². The Morgan fingerprint density at radius 3 is 2.70 bits per heavy atom. The molecule has 1 atom stereocenters. The predicted molar refractivity (Wildman–Crippen MR) is 102 cm³/mol. The van der Waals surface area contributed by atoms with Crippen molar-refractivity contribution in [2.24, 2.45) is 0 Å². The van der Waals surface area contributed by atoms with E-state index in [1.54, 1.807) is 16.1 Å². The molecule has 1 aromatic rings. The van der Waals surface area contributed by atoms with Crippen molar-refractivity contribution in [1.82, 2.24) is 23.5 Å². The lowest BCUT2D eigenvalue weighted by Crippen LogP contribution is -2.47. The fraction of sp³-hybridized carbons (Fsp3) is 0.722. The number of aromatic nitrogens is 2. The van der Waals surface area contributed by atoms with E-state index in [9.17, 15) is 13.2 Å². The molecule has 8 nitrogen and oxygen atoms in total. The third kappa shape index (κ3) is 4.14. The molecule has 1 aromatic heterocycles. The zero-order chi connectivity index (χ0) is 19.6. The van der Waals surface area contributed by atoms with Crippen molar-refractivity contribution in [3.63, 3.8) is 0 Å². The highest BCUT2D eigenvalue weighted by Crippen LogP contribution is 2.28. The topological polar surface area (TPSA) is 86.7 Å². The first kappa shape index (κ1) is 20.2. The zero-order valence-corrected chi connectivity index (χ0v) is 17.2. The van der Waals surface area contributed by atoms with E-state index in [4.69, 9.17) is 4.98 Å². The van der Waals surface area contributed by atoms with Gasteiger partial charge in [-0.1, -0.05) is 13.8 Å². The number of carbonyl (C=O) groups excluding carboxylic acids is 1. The Bertz CT molecular complexity index is 794. The highest BCUT2D eigenvalue weighted by atomic mass is 32.2. The van der Waals surface area contributed by atoms with Crippen molar-refractivity contribution in [2.45, 2.75) is 52.5 Å². The van der Waals surface area contributed by atoms with E-state index in [2.05, 4.69) is 4.98 Å². The van der Waals surface area contributed by atoms with Gasteiger partial charge in [0.1, 0.15) is 5.82 Å². The van der Waals surface area contributed by atoms with E-state index in [0.29, 0.717) is 39.3 Å². The van der Waals surface area contributed by atoms with Crippen LogP contribution < -0.4 is 0 Å². The Hall–Kier alpha value is -1.58. The van der Waals surface area contributed by atoms with Gasteiger partial charge in [0.2, 0.25) is 5.91 Å². The minimum Gasteiger partial charge on any atom is -0.338 e. The average molecular weight is 396 g/mol. The van der Waals surface area contributed by atoms with Gasteiger partial charge in [-0.05, 0) is 12.8 Å². The standard InChI is InChI=1S/C18H29N5O3S/c1-4-22(5-2)27(25,26)23-9-6-7-15(13-23)18-19-11-16-12-21(14(3)24)10-8-17(16)20-18/h11,15H,4-10,12-13H2,1-3H3/t15-/m1/s1. The summed E-state index contributed by atoms with van der Waals surface area (Å²) in [6, 6.07) is 0. The van der Waals surface area contributed by atoms with Gasteiger partial charge in [0.25, 0.3) is 10.2 Å². The largest absolute Gasteiger partial charge is 0.338 e. The summed E-state index contributed by atoms with van der Waals surface area (Å²) >= 11 is 0. The summed E-state index contributed by atoms with van der Waals surface area (Å²) < 4.78 is 28.7. The summed E-state index contributed by atoms with van der Waals surface area (Å²) in [4.78, 5) is 22.6. The van der Waals surface area contributed by atoms with Crippen LogP contribution in [-0.2, 0) is 28.0 Å². The first-order valence-corrected chi connectivity index (χ1v) is 11.1. The molecule has 1 amide bonds. The van der Waals surface area contributed by atoms with Gasteiger partial charge >= 0.3 is 0 Å². The van der Waals surface area contributed by atoms with Gasteiger partial charge in [-0.15, -0.1) is 0 Å². The number of hydrogen-bond donors (Lipinski definition) is 0. The molecule has 0 aromatic carbocycles. The molecule has 2 aliphatic heterocycles. The zero-order valence-electron chi connectivity index (χ0n) is 16.4. The van der Waals surface area contributed by atoms with Crippen molar-refractivity contribution >= 4 is 16.1 Å². The number of fused-ring (bicyclic) bond motifs is 1. The molecule has 0 aliphatic carbocycles. The van der Waals surface area contributed by atoms with Crippen LogP contribution in [0.4, 0.5) is 0 Å². The van der Waals surface area contributed by atoms with E-state index in [0.717, 1.165) is 36.3 Å². The summed E-state index contributed by atoms with van der Waals surface area (Å²) in [5, 5.41) is 0. The Morgan fingerprint density at radius 2 is 2.04 bits per heavy atom. The molecule has 9 heteroatoms. The summed E-state index contributed by atoms with van der Waals surface area (Å²) in [6.45, 7) is 8.45. The monoisotopic (exact) mass is 395 g/mol. The van der Waals surface area contributed by atoms with E-state index >= 15 is 0 Å². The van der Waals surface area contributed by atoms with E-state index in [1.165, 1.54) is 4.31 Å². The van der Waals surface area contributed by atoms with Gasteiger partial charge in [0.15, 0.2) is 0 Å². The van der Waals surface area contributed by atoms with E-state index in [-0.39, 0.29) is 11.8 Å². The molecule has 0 saturated carbocycles. The fourth-order valence-electron chi connectivity index (χ4n) is 3.87. The predicted octanol–water partition coefficient (Wildman–Crippen LogP) is 1.15. The molecule has 27 heavy (non-hydrogen) atoms. The number of rotatable bonds is 5. The summed E-state index contributed by atoms with van der Waals surface area (Å²) in [5.41, 5.74) is 1.98. The minimum absolute atomic E-state index is 0.0141. The van der Waals surface area contributed by atoms with Crippen LogP contribution in [0, 0.1) is 0 Å². The maximum Gasteiger partial charge on any atom is 0.281 e. The maximum absolute atomic E-state index is 12.8. The van der Waals surface area contributed by atoms with Crippen LogP contribution in [0.5, 0.6) is 0 Å². The van der Waals surface area contributed by atoms with E-state index < -0.39 is 10.2 Å². The summed E-state index contributed by atoms with van der Waals surface area (Å²) in [7, 11) is -3.43. The fourth-order valence-corrected chi connectivity index (χ4v) is 5.58. The van der Waals surface area contributed by atoms with Gasteiger partial charge in [0.05, 0.1) is 5.69 Å². The Morgan fingerprint density at radius 1 is 1.30 bits per heavy atom.